The number of rotatable bonds is 4. The van der Waals surface area contributed by atoms with E-state index in [1.54, 1.807) is 12.3 Å². The topological polar surface area (TPSA) is 94.3 Å². The van der Waals surface area contributed by atoms with Crippen molar-refractivity contribution in [3.63, 3.8) is 0 Å². The van der Waals surface area contributed by atoms with Gasteiger partial charge in [0, 0.05) is 23.8 Å². The average Bonchev–Trinajstić information content (AvgIpc) is 3.18. The zero-order valence-corrected chi connectivity index (χ0v) is 15.2. The quantitative estimate of drug-likeness (QED) is 0.379. The highest BCUT2D eigenvalue weighted by Gasteiger charge is 2.32. The number of ether oxygens (including phenoxy) is 1. The minimum atomic E-state index is -0.496. The predicted molar refractivity (Wildman–Crippen MR) is 108 cm³/mol. The first-order valence-electron chi connectivity index (χ1n) is 9.09. The molecule has 1 aliphatic heterocycles. The third kappa shape index (κ3) is 2.91. The first-order valence-corrected chi connectivity index (χ1v) is 9.09. The Labute approximate surface area is 165 Å². The van der Waals surface area contributed by atoms with Gasteiger partial charge in [-0.3, -0.25) is 15.1 Å². The second kappa shape index (κ2) is 6.83. The summed E-state index contributed by atoms with van der Waals surface area (Å²) in [5.74, 6) is 0.512. The highest BCUT2D eigenvalue weighted by molar-refractivity contribution is 5.84. The SMILES string of the molecule is O=[N+]([O-])c1c(Oc2cccc3cccnc23)ncnc1N1CCc2ccccc21. The molecule has 0 atom stereocenters. The Balaban J connectivity index is 1.62. The number of nitrogens with zero attached hydrogens (tertiary/aromatic N) is 5. The Morgan fingerprint density at radius 1 is 1.00 bits per heavy atom. The number of fused-ring (bicyclic) bond motifs is 2. The van der Waals surface area contributed by atoms with Gasteiger partial charge in [-0.25, -0.2) is 4.98 Å². The maximum Gasteiger partial charge on any atom is 0.373 e. The van der Waals surface area contributed by atoms with E-state index in [1.807, 2.05) is 53.4 Å². The Bertz CT molecular complexity index is 1240. The molecule has 8 heteroatoms. The van der Waals surface area contributed by atoms with Gasteiger partial charge in [-0.2, -0.15) is 4.98 Å². The molecule has 0 spiro atoms. The van der Waals surface area contributed by atoms with Gasteiger partial charge in [0.1, 0.15) is 11.8 Å². The molecule has 0 saturated heterocycles. The van der Waals surface area contributed by atoms with Crippen LogP contribution in [0.1, 0.15) is 5.56 Å². The summed E-state index contributed by atoms with van der Waals surface area (Å²) in [6, 6.07) is 17.0. The minimum absolute atomic E-state index is 0.109. The number of anilines is 2. The second-order valence-electron chi connectivity index (χ2n) is 6.57. The first-order chi connectivity index (χ1) is 14.2. The summed E-state index contributed by atoms with van der Waals surface area (Å²) in [7, 11) is 0. The Morgan fingerprint density at radius 2 is 1.86 bits per heavy atom. The van der Waals surface area contributed by atoms with Crippen molar-refractivity contribution in [2.24, 2.45) is 0 Å². The van der Waals surface area contributed by atoms with Crippen LogP contribution in [-0.4, -0.2) is 26.4 Å². The van der Waals surface area contributed by atoms with Crippen LogP contribution in [-0.2, 0) is 6.42 Å². The highest BCUT2D eigenvalue weighted by Crippen LogP contribution is 2.42. The van der Waals surface area contributed by atoms with E-state index in [0.29, 0.717) is 17.8 Å². The van der Waals surface area contributed by atoms with Crippen molar-refractivity contribution in [1.82, 2.24) is 15.0 Å². The van der Waals surface area contributed by atoms with Crippen LogP contribution in [0.5, 0.6) is 11.6 Å². The van der Waals surface area contributed by atoms with E-state index >= 15 is 0 Å². The molecule has 1 aliphatic rings. The van der Waals surface area contributed by atoms with E-state index < -0.39 is 4.92 Å². The van der Waals surface area contributed by atoms with Gasteiger partial charge in [-0.15, -0.1) is 0 Å². The number of hydrogen-bond donors (Lipinski definition) is 0. The van der Waals surface area contributed by atoms with Crippen LogP contribution in [0.4, 0.5) is 17.2 Å². The third-order valence-electron chi connectivity index (χ3n) is 4.90. The highest BCUT2D eigenvalue weighted by atomic mass is 16.6. The van der Waals surface area contributed by atoms with Crippen LogP contribution in [0.2, 0.25) is 0 Å². The van der Waals surface area contributed by atoms with Gasteiger partial charge >= 0.3 is 11.6 Å². The van der Waals surface area contributed by atoms with Gasteiger partial charge in [0.05, 0.1) is 4.92 Å². The Morgan fingerprint density at radius 3 is 2.76 bits per heavy atom. The van der Waals surface area contributed by atoms with Crippen LogP contribution in [0.25, 0.3) is 10.9 Å². The fourth-order valence-corrected chi connectivity index (χ4v) is 3.61. The van der Waals surface area contributed by atoms with Gasteiger partial charge in [0.15, 0.2) is 5.75 Å². The van der Waals surface area contributed by atoms with Crippen LogP contribution >= 0.6 is 0 Å². The summed E-state index contributed by atoms with van der Waals surface area (Å²) >= 11 is 0. The van der Waals surface area contributed by atoms with Crippen molar-refractivity contribution in [3.8, 4) is 11.6 Å². The van der Waals surface area contributed by atoms with Crippen molar-refractivity contribution < 1.29 is 9.66 Å². The molecule has 0 aliphatic carbocycles. The lowest BCUT2D eigenvalue weighted by Gasteiger charge is -2.18. The molecule has 0 amide bonds. The Kier molecular flexibility index (Phi) is 4.02. The van der Waals surface area contributed by atoms with Gasteiger partial charge in [-0.1, -0.05) is 36.4 Å². The lowest BCUT2D eigenvalue weighted by atomic mass is 10.2. The number of benzene rings is 2. The standard InChI is InChI=1S/C21H15N5O3/c27-26(28)19-20(25-12-10-14-5-1-2-8-16(14)25)23-13-24-21(19)29-17-9-3-6-15-7-4-11-22-18(15)17/h1-9,11,13H,10,12H2. The van der Waals surface area contributed by atoms with Crippen molar-refractivity contribution in [2.75, 3.05) is 11.4 Å². The molecular formula is C21H15N5O3. The summed E-state index contributed by atoms with van der Waals surface area (Å²) < 4.78 is 5.89. The second-order valence-corrected chi connectivity index (χ2v) is 6.57. The molecule has 0 unspecified atom stereocenters. The van der Waals surface area contributed by atoms with Crippen LogP contribution in [0, 0.1) is 10.1 Å². The van der Waals surface area contributed by atoms with Crippen LogP contribution < -0.4 is 9.64 Å². The molecule has 0 bridgehead atoms. The zero-order valence-electron chi connectivity index (χ0n) is 15.2. The molecule has 0 radical (unpaired) electrons. The van der Waals surface area contributed by atoms with Gasteiger partial charge < -0.3 is 9.64 Å². The molecule has 2 aromatic heterocycles. The summed E-state index contributed by atoms with van der Waals surface area (Å²) in [6.07, 6.45) is 3.73. The largest absolute Gasteiger partial charge is 0.431 e. The molecule has 0 N–H and O–H groups in total. The fourth-order valence-electron chi connectivity index (χ4n) is 3.61. The lowest BCUT2D eigenvalue weighted by Crippen LogP contribution is -2.17. The number of pyridine rings is 1. The maximum absolute atomic E-state index is 12.0. The normalized spacial score (nSPS) is 12.8. The lowest BCUT2D eigenvalue weighted by molar-refractivity contribution is -0.385. The van der Waals surface area contributed by atoms with E-state index in [2.05, 4.69) is 15.0 Å². The molecule has 8 nitrogen and oxygen atoms in total. The number of hydrogen-bond acceptors (Lipinski definition) is 7. The van der Waals surface area contributed by atoms with Gasteiger partial charge in [0.25, 0.3) is 0 Å². The number of aromatic nitrogens is 3. The van der Waals surface area contributed by atoms with E-state index in [-0.39, 0.29) is 17.4 Å². The molecular weight excluding hydrogens is 370 g/mol. The van der Waals surface area contributed by atoms with Crippen LogP contribution in [0.15, 0.2) is 67.1 Å². The summed E-state index contributed by atoms with van der Waals surface area (Å²) in [6.45, 7) is 0.604. The van der Waals surface area contributed by atoms with Crippen LogP contribution in [0.3, 0.4) is 0 Å². The van der Waals surface area contributed by atoms with Crippen molar-refractivity contribution in [3.05, 3.63) is 82.8 Å². The smallest absolute Gasteiger partial charge is 0.373 e. The van der Waals surface area contributed by atoms with Gasteiger partial charge in [0.2, 0.25) is 5.82 Å². The first kappa shape index (κ1) is 17.1. The zero-order chi connectivity index (χ0) is 19.8. The molecule has 5 rings (SSSR count). The molecule has 2 aromatic carbocycles. The maximum atomic E-state index is 12.0. The molecule has 0 fully saturated rings. The molecule has 0 saturated carbocycles. The van der Waals surface area contributed by atoms with E-state index in [4.69, 9.17) is 4.74 Å². The van der Waals surface area contributed by atoms with E-state index in [0.717, 1.165) is 23.1 Å². The average molecular weight is 385 g/mol. The monoisotopic (exact) mass is 385 g/mol. The van der Waals surface area contributed by atoms with Gasteiger partial charge in [-0.05, 0) is 30.2 Å². The number of nitro groups is 1. The molecule has 4 aromatic rings. The minimum Gasteiger partial charge on any atom is -0.431 e. The summed E-state index contributed by atoms with van der Waals surface area (Å²) in [5.41, 5.74) is 2.38. The molecule has 142 valence electrons. The third-order valence-corrected chi connectivity index (χ3v) is 4.90. The fraction of sp³-hybridized carbons (Fsp3) is 0.0952. The number of para-hydroxylation sites is 2. The van der Waals surface area contributed by atoms with E-state index in [1.165, 1.54) is 6.33 Å². The molecule has 3 heterocycles. The van der Waals surface area contributed by atoms with E-state index in [9.17, 15) is 10.1 Å². The molecule has 29 heavy (non-hydrogen) atoms. The van der Waals surface area contributed by atoms with Crippen molar-refractivity contribution >= 4 is 28.1 Å². The predicted octanol–water partition coefficient (Wildman–Crippen LogP) is 4.42. The van der Waals surface area contributed by atoms with Crippen molar-refractivity contribution in [2.45, 2.75) is 6.42 Å². The van der Waals surface area contributed by atoms with Crippen molar-refractivity contribution in [1.29, 1.82) is 0 Å². The summed E-state index contributed by atoms with van der Waals surface area (Å²) in [4.78, 5) is 25.9. The Hall–Kier alpha value is -4.07. The summed E-state index contributed by atoms with van der Waals surface area (Å²) in [5, 5.41) is 12.8.